The summed E-state index contributed by atoms with van der Waals surface area (Å²) in [5.41, 5.74) is 8.02. The number of azide groups is 1. The van der Waals surface area contributed by atoms with E-state index in [0.29, 0.717) is 13.2 Å². The molecule has 0 unspecified atom stereocenters. The third kappa shape index (κ3) is 2.38. The molecule has 1 atom stereocenters. The summed E-state index contributed by atoms with van der Waals surface area (Å²) in [6, 6.07) is 0. The van der Waals surface area contributed by atoms with Gasteiger partial charge in [-0.15, -0.1) is 0 Å². The lowest BCUT2D eigenvalue weighted by atomic mass is 10.4. The topological polar surface area (TPSA) is 67.2 Å². The summed E-state index contributed by atoms with van der Waals surface area (Å²) < 4.78 is 10.6. The molecule has 1 rings (SSSR count). The number of rotatable bonds is 2. The molecule has 1 aliphatic heterocycles. The zero-order valence-corrected chi connectivity index (χ0v) is 6.65. The van der Waals surface area contributed by atoms with E-state index in [1.807, 2.05) is 13.8 Å². The maximum Gasteiger partial charge on any atom is 0.163 e. The Bertz CT molecular complexity index is 186. The molecule has 0 amide bonds. The molecule has 62 valence electrons. The molecule has 0 spiro atoms. The third-order valence-corrected chi connectivity index (χ3v) is 1.42. The smallest absolute Gasteiger partial charge is 0.163 e. The first kappa shape index (κ1) is 8.33. The quantitative estimate of drug-likeness (QED) is 0.346. The second-order valence-electron chi connectivity index (χ2n) is 2.86. The van der Waals surface area contributed by atoms with Gasteiger partial charge in [0.05, 0.1) is 19.3 Å². The highest BCUT2D eigenvalue weighted by atomic mass is 16.7. The zero-order valence-electron chi connectivity index (χ0n) is 6.65. The van der Waals surface area contributed by atoms with Crippen LogP contribution in [-0.2, 0) is 9.47 Å². The molecule has 0 N–H and O–H groups in total. The summed E-state index contributed by atoms with van der Waals surface area (Å²) in [5, 5.41) is 3.39. The largest absolute Gasteiger partial charge is 0.348 e. The molecule has 0 saturated carbocycles. The summed E-state index contributed by atoms with van der Waals surface area (Å²) >= 11 is 0. The number of ether oxygens (including phenoxy) is 2. The molecule has 11 heavy (non-hydrogen) atoms. The van der Waals surface area contributed by atoms with Gasteiger partial charge in [-0.3, -0.25) is 0 Å². The van der Waals surface area contributed by atoms with Crippen molar-refractivity contribution in [2.24, 2.45) is 5.11 Å². The number of nitrogens with zero attached hydrogens (tertiary/aromatic N) is 3. The Morgan fingerprint density at radius 2 is 2.45 bits per heavy atom. The van der Waals surface area contributed by atoms with Crippen molar-refractivity contribution in [3.8, 4) is 0 Å². The summed E-state index contributed by atoms with van der Waals surface area (Å²) in [7, 11) is 0. The Morgan fingerprint density at radius 1 is 1.73 bits per heavy atom. The van der Waals surface area contributed by atoms with Gasteiger partial charge in [0, 0.05) is 4.91 Å². The standard InChI is InChI=1S/C6H11N3O2/c1-6(2)10-4-5(11-6)3-8-9-7/h5H,3-4H2,1-2H3/t5-/m1/s1. The van der Waals surface area contributed by atoms with Gasteiger partial charge < -0.3 is 9.47 Å². The highest BCUT2D eigenvalue weighted by Crippen LogP contribution is 2.22. The van der Waals surface area contributed by atoms with Crippen molar-refractivity contribution in [1.82, 2.24) is 0 Å². The predicted molar refractivity (Wildman–Crippen MR) is 38.9 cm³/mol. The summed E-state index contributed by atoms with van der Waals surface area (Å²) in [5.74, 6) is -0.518. The van der Waals surface area contributed by atoms with Crippen LogP contribution in [0.1, 0.15) is 13.8 Å². The molecule has 5 heteroatoms. The fraction of sp³-hybridized carbons (Fsp3) is 1.00. The molecule has 1 fully saturated rings. The van der Waals surface area contributed by atoms with Crippen molar-refractivity contribution >= 4 is 0 Å². The minimum atomic E-state index is -0.518. The molecule has 0 aromatic rings. The van der Waals surface area contributed by atoms with E-state index in [2.05, 4.69) is 10.0 Å². The van der Waals surface area contributed by atoms with E-state index in [-0.39, 0.29) is 6.10 Å². The van der Waals surface area contributed by atoms with Gasteiger partial charge in [-0.05, 0) is 19.4 Å². The van der Waals surface area contributed by atoms with Gasteiger partial charge in [0.1, 0.15) is 0 Å². The van der Waals surface area contributed by atoms with Crippen LogP contribution < -0.4 is 0 Å². The van der Waals surface area contributed by atoms with Crippen LogP contribution in [0, 0.1) is 0 Å². The SMILES string of the molecule is CC1(C)OC[C@@H](CN=[N+]=[N-])O1. The monoisotopic (exact) mass is 157 g/mol. The molecule has 0 aromatic heterocycles. The van der Waals surface area contributed by atoms with E-state index in [1.165, 1.54) is 0 Å². The first-order valence-electron chi connectivity index (χ1n) is 3.47. The summed E-state index contributed by atoms with van der Waals surface area (Å²) in [4.78, 5) is 2.64. The Kier molecular flexibility index (Phi) is 2.34. The Morgan fingerprint density at radius 3 is 2.91 bits per heavy atom. The van der Waals surface area contributed by atoms with E-state index in [0.717, 1.165) is 0 Å². The van der Waals surface area contributed by atoms with Gasteiger partial charge in [-0.2, -0.15) is 0 Å². The number of hydrogen-bond acceptors (Lipinski definition) is 3. The molecule has 1 heterocycles. The van der Waals surface area contributed by atoms with Gasteiger partial charge in [0.2, 0.25) is 0 Å². The van der Waals surface area contributed by atoms with E-state index in [4.69, 9.17) is 15.0 Å². The first-order chi connectivity index (χ1) is 5.14. The molecule has 0 bridgehead atoms. The lowest BCUT2D eigenvalue weighted by molar-refractivity contribution is -0.137. The van der Waals surface area contributed by atoms with Crippen LogP contribution in [0.25, 0.3) is 10.4 Å². The van der Waals surface area contributed by atoms with E-state index >= 15 is 0 Å². The van der Waals surface area contributed by atoms with E-state index in [1.54, 1.807) is 0 Å². The minimum absolute atomic E-state index is 0.0825. The molecule has 1 aliphatic rings. The van der Waals surface area contributed by atoms with Crippen LogP contribution in [0.3, 0.4) is 0 Å². The molecular weight excluding hydrogens is 146 g/mol. The first-order valence-corrected chi connectivity index (χ1v) is 3.47. The van der Waals surface area contributed by atoms with Crippen LogP contribution in [0.2, 0.25) is 0 Å². The fourth-order valence-electron chi connectivity index (χ4n) is 0.981. The maximum atomic E-state index is 8.02. The fourth-order valence-corrected chi connectivity index (χ4v) is 0.981. The Labute approximate surface area is 64.9 Å². The van der Waals surface area contributed by atoms with Gasteiger partial charge in [0.15, 0.2) is 5.79 Å². The second kappa shape index (κ2) is 3.09. The predicted octanol–water partition coefficient (Wildman–Crippen LogP) is 1.45. The second-order valence-corrected chi connectivity index (χ2v) is 2.86. The molecule has 0 radical (unpaired) electrons. The zero-order chi connectivity index (χ0) is 8.32. The average molecular weight is 157 g/mol. The van der Waals surface area contributed by atoms with E-state index in [9.17, 15) is 0 Å². The lowest BCUT2D eigenvalue weighted by Crippen LogP contribution is -2.22. The molecule has 0 aliphatic carbocycles. The van der Waals surface area contributed by atoms with Gasteiger partial charge in [-0.1, -0.05) is 5.11 Å². The van der Waals surface area contributed by atoms with Crippen molar-refractivity contribution in [1.29, 1.82) is 0 Å². The van der Waals surface area contributed by atoms with Crippen LogP contribution in [-0.4, -0.2) is 25.0 Å². The average Bonchev–Trinajstić information content (AvgIpc) is 2.26. The lowest BCUT2D eigenvalue weighted by Gasteiger charge is -2.15. The van der Waals surface area contributed by atoms with Crippen LogP contribution >= 0.6 is 0 Å². The van der Waals surface area contributed by atoms with Crippen LogP contribution in [0.5, 0.6) is 0 Å². The third-order valence-electron chi connectivity index (χ3n) is 1.42. The summed E-state index contributed by atoms with van der Waals surface area (Å²) in [6.07, 6.45) is -0.0825. The van der Waals surface area contributed by atoms with E-state index < -0.39 is 5.79 Å². The van der Waals surface area contributed by atoms with Gasteiger partial charge >= 0.3 is 0 Å². The van der Waals surface area contributed by atoms with Crippen molar-refractivity contribution in [2.75, 3.05) is 13.2 Å². The Balaban J connectivity index is 2.36. The number of hydrogen-bond donors (Lipinski definition) is 0. The van der Waals surface area contributed by atoms with Gasteiger partial charge in [0.25, 0.3) is 0 Å². The Hall–Kier alpha value is -0.770. The van der Waals surface area contributed by atoms with Crippen molar-refractivity contribution < 1.29 is 9.47 Å². The van der Waals surface area contributed by atoms with Gasteiger partial charge in [-0.25, -0.2) is 0 Å². The molecule has 0 aromatic carbocycles. The molecule has 5 nitrogen and oxygen atoms in total. The molecular formula is C6H11N3O2. The summed E-state index contributed by atoms with van der Waals surface area (Å²) in [6.45, 7) is 4.53. The van der Waals surface area contributed by atoms with Crippen molar-refractivity contribution in [3.63, 3.8) is 0 Å². The normalized spacial score (nSPS) is 28.0. The van der Waals surface area contributed by atoms with Crippen LogP contribution in [0.4, 0.5) is 0 Å². The maximum absolute atomic E-state index is 8.02. The van der Waals surface area contributed by atoms with Crippen LogP contribution in [0.15, 0.2) is 5.11 Å². The van der Waals surface area contributed by atoms with Crippen molar-refractivity contribution in [3.05, 3.63) is 10.4 Å². The molecule has 1 saturated heterocycles. The minimum Gasteiger partial charge on any atom is -0.348 e. The van der Waals surface area contributed by atoms with Crippen molar-refractivity contribution in [2.45, 2.75) is 25.7 Å². The highest BCUT2D eigenvalue weighted by Gasteiger charge is 2.31. The highest BCUT2D eigenvalue weighted by molar-refractivity contribution is 4.72.